The number of hydrogen-bond acceptors (Lipinski definition) is 3. The normalized spacial score (nSPS) is 10.1. The molecular formula is C13H15N5O. The highest BCUT2D eigenvalue weighted by atomic mass is 16.2. The number of hydrogen-bond donors (Lipinski definition) is 1. The van der Waals surface area contributed by atoms with Gasteiger partial charge in [0.25, 0.3) is 5.91 Å². The molecule has 0 saturated carbocycles. The monoisotopic (exact) mass is 257 g/mol. The van der Waals surface area contributed by atoms with Crippen LogP contribution in [0.3, 0.4) is 0 Å². The lowest BCUT2D eigenvalue weighted by Gasteiger charge is -2.20. The largest absolute Gasteiger partial charge is 0.356 e. The Morgan fingerprint density at radius 1 is 1.63 bits per heavy atom. The van der Waals surface area contributed by atoms with Crippen LogP contribution in [0.1, 0.15) is 23.0 Å². The van der Waals surface area contributed by atoms with Gasteiger partial charge in [-0.3, -0.25) is 9.48 Å². The smallest absolute Gasteiger partial charge is 0.270 e. The molecule has 98 valence electrons. The summed E-state index contributed by atoms with van der Waals surface area (Å²) >= 11 is 0. The number of likely N-dealkylation sites (N-methyl/N-ethyl adjacent to an activating group) is 1. The fourth-order valence-corrected chi connectivity index (χ4v) is 1.81. The van der Waals surface area contributed by atoms with E-state index in [9.17, 15) is 4.79 Å². The summed E-state index contributed by atoms with van der Waals surface area (Å²) in [6.07, 6.45) is 5.11. The van der Waals surface area contributed by atoms with Gasteiger partial charge in [0, 0.05) is 31.7 Å². The second-order valence-electron chi connectivity index (χ2n) is 4.07. The van der Waals surface area contributed by atoms with Crippen molar-refractivity contribution >= 4 is 5.91 Å². The molecule has 2 rings (SSSR count). The average molecular weight is 257 g/mol. The molecule has 6 nitrogen and oxygen atoms in total. The van der Waals surface area contributed by atoms with Crippen LogP contribution >= 0.6 is 0 Å². The van der Waals surface area contributed by atoms with E-state index in [-0.39, 0.29) is 5.91 Å². The van der Waals surface area contributed by atoms with Crippen molar-refractivity contribution in [1.82, 2.24) is 19.7 Å². The summed E-state index contributed by atoms with van der Waals surface area (Å²) in [6.45, 7) is 3.77. The van der Waals surface area contributed by atoms with Gasteiger partial charge in [-0.05, 0) is 19.1 Å². The van der Waals surface area contributed by atoms with Gasteiger partial charge in [-0.25, -0.2) is 0 Å². The first-order valence-corrected chi connectivity index (χ1v) is 6.09. The van der Waals surface area contributed by atoms with Gasteiger partial charge in [0.2, 0.25) is 0 Å². The molecule has 0 saturated heterocycles. The third-order valence-electron chi connectivity index (χ3n) is 2.87. The minimum atomic E-state index is -0.101. The van der Waals surface area contributed by atoms with Crippen LogP contribution in [0.25, 0.3) is 0 Å². The quantitative estimate of drug-likeness (QED) is 0.875. The first-order chi connectivity index (χ1) is 9.24. The third kappa shape index (κ3) is 3.01. The highest BCUT2D eigenvalue weighted by Crippen LogP contribution is 2.06. The van der Waals surface area contributed by atoms with Crippen LogP contribution in [0.15, 0.2) is 30.7 Å². The molecule has 0 fully saturated rings. The number of nitriles is 1. The lowest BCUT2D eigenvalue weighted by molar-refractivity contribution is 0.0752. The van der Waals surface area contributed by atoms with Crippen molar-refractivity contribution in [1.29, 1.82) is 5.26 Å². The second-order valence-corrected chi connectivity index (χ2v) is 4.07. The number of H-pyrrole nitrogens is 1. The third-order valence-corrected chi connectivity index (χ3v) is 2.87. The number of carbonyl (C=O) groups excluding carboxylic acids is 1. The summed E-state index contributed by atoms with van der Waals surface area (Å²) in [7, 11) is 0. The van der Waals surface area contributed by atoms with E-state index in [2.05, 4.69) is 10.1 Å². The van der Waals surface area contributed by atoms with Gasteiger partial charge in [-0.2, -0.15) is 10.4 Å². The summed E-state index contributed by atoms with van der Waals surface area (Å²) in [6, 6.07) is 5.42. The molecule has 1 N–H and O–H groups in total. The fraction of sp³-hybridized carbons (Fsp3) is 0.308. The molecule has 1 amide bonds. The zero-order chi connectivity index (χ0) is 13.7. The van der Waals surface area contributed by atoms with Crippen LogP contribution in [0.2, 0.25) is 0 Å². The number of aromatic nitrogens is 3. The Morgan fingerprint density at radius 2 is 2.47 bits per heavy atom. The van der Waals surface area contributed by atoms with Gasteiger partial charge in [0.05, 0.1) is 12.1 Å². The van der Waals surface area contributed by atoms with Crippen molar-refractivity contribution < 1.29 is 4.79 Å². The van der Waals surface area contributed by atoms with Gasteiger partial charge >= 0.3 is 0 Å². The molecule has 0 unspecified atom stereocenters. The lowest BCUT2D eigenvalue weighted by atomic mass is 10.3. The Balaban J connectivity index is 2.00. The fourth-order valence-electron chi connectivity index (χ4n) is 1.81. The molecule has 0 aliphatic rings. The van der Waals surface area contributed by atoms with Crippen molar-refractivity contribution in [3.63, 3.8) is 0 Å². The van der Waals surface area contributed by atoms with Gasteiger partial charge in [-0.1, -0.05) is 0 Å². The number of carbonyl (C=O) groups is 1. The molecule has 2 aromatic heterocycles. The van der Waals surface area contributed by atoms with Crippen molar-refractivity contribution in [3.05, 3.63) is 42.0 Å². The van der Waals surface area contributed by atoms with Crippen LogP contribution in [-0.4, -0.2) is 38.7 Å². The lowest BCUT2D eigenvalue weighted by Crippen LogP contribution is -2.34. The van der Waals surface area contributed by atoms with E-state index >= 15 is 0 Å². The Hall–Kier alpha value is -2.55. The predicted molar refractivity (Wildman–Crippen MR) is 69.3 cm³/mol. The summed E-state index contributed by atoms with van der Waals surface area (Å²) < 4.78 is 1.78. The minimum absolute atomic E-state index is 0.101. The van der Waals surface area contributed by atoms with E-state index in [1.54, 1.807) is 21.8 Å². The van der Waals surface area contributed by atoms with Crippen molar-refractivity contribution in [2.24, 2.45) is 0 Å². The number of amides is 1. The van der Waals surface area contributed by atoms with Gasteiger partial charge in [0.15, 0.2) is 0 Å². The molecule has 0 aromatic carbocycles. The van der Waals surface area contributed by atoms with E-state index in [1.807, 2.05) is 25.3 Å². The van der Waals surface area contributed by atoms with Crippen molar-refractivity contribution in [2.75, 3.05) is 13.1 Å². The standard InChI is InChI=1S/C13H15N5O/c1-2-17(6-7-18-5-3-4-16-18)13(19)12-8-11(9-14)10-15-12/h3-5,8,10,15H,2,6-7H2,1H3. The number of aromatic amines is 1. The zero-order valence-corrected chi connectivity index (χ0v) is 10.7. The second kappa shape index (κ2) is 5.87. The highest BCUT2D eigenvalue weighted by molar-refractivity contribution is 5.92. The Labute approximate surface area is 111 Å². The van der Waals surface area contributed by atoms with Gasteiger partial charge in [0.1, 0.15) is 11.8 Å². The molecule has 0 aliphatic carbocycles. The number of nitrogens with one attached hydrogen (secondary N) is 1. The topological polar surface area (TPSA) is 77.7 Å². The number of rotatable bonds is 5. The van der Waals surface area contributed by atoms with Crippen LogP contribution in [0.5, 0.6) is 0 Å². The number of nitrogens with zero attached hydrogens (tertiary/aromatic N) is 4. The van der Waals surface area contributed by atoms with Crippen molar-refractivity contribution in [3.8, 4) is 6.07 Å². The van der Waals surface area contributed by atoms with Crippen LogP contribution in [-0.2, 0) is 6.54 Å². The molecule has 0 atom stereocenters. The zero-order valence-electron chi connectivity index (χ0n) is 10.7. The predicted octanol–water partition coefficient (Wildman–Crippen LogP) is 1.25. The van der Waals surface area contributed by atoms with Crippen LogP contribution < -0.4 is 0 Å². The molecular weight excluding hydrogens is 242 g/mol. The maximum Gasteiger partial charge on any atom is 0.270 e. The molecule has 2 heterocycles. The first kappa shape index (κ1) is 12.9. The minimum Gasteiger partial charge on any atom is -0.356 e. The Kier molecular flexibility index (Phi) is 3.98. The SMILES string of the molecule is CCN(CCn1cccn1)C(=O)c1cc(C#N)c[nH]1. The van der Waals surface area contributed by atoms with Crippen LogP contribution in [0.4, 0.5) is 0 Å². The molecule has 0 aliphatic heterocycles. The van der Waals surface area contributed by atoms with Gasteiger partial charge in [-0.15, -0.1) is 0 Å². The Bertz CT molecular complexity index is 578. The van der Waals surface area contributed by atoms with E-state index in [0.717, 1.165) is 0 Å². The summed E-state index contributed by atoms with van der Waals surface area (Å²) in [5, 5.41) is 12.9. The molecule has 0 radical (unpaired) electrons. The molecule has 2 aromatic rings. The van der Waals surface area contributed by atoms with E-state index in [1.165, 1.54) is 6.20 Å². The van der Waals surface area contributed by atoms with E-state index in [0.29, 0.717) is 30.9 Å². The van der Waals surface area contributed by atoms with E-state index < -0.39 is 0 Å². The highest BCUT2D eigenvalue weighted by Gasteiger charge is 2.15. The van der Waals surface area contributed by atoms with Gasteiger partial charge < -0.3 is 9.88 Å². The average Bonchev–Trinajstić information content (AvgIpc) is 3.10. The summed E-state index contributed by atoms with van der Waals surface area (Å²) in [5.74, 6) is -0.101. The summed E-state index contributed by atoms with van der Waals surface area (Å²) in [5.41, 5.74) is 0.908. The molecule has 19 heavy (non-hydrogen) atoms. The Morgan fingerprint density at radius 3 is 3.05 bits per heavy atom. The maximum absolute atomic E-state index is 12.2. The first-order valence-electron chi connectivity index (χ1n) is 6.09. The molecule has 0 bridgehead atoms. The summed E-state index contributed by atoms with van der Waals surface area (Å²) in [4.78, 5) is 16.8. The maximum atomic E-state index is 12.2. The van der Waals surface area contributed by atoms with Crippen LogP contribution in [0, 0.1) is 11.3 Å². The van der Waals surface area contributed by atoms with E-state index in [4.69, 9.17) is 5.26 Å². The van der Waals surface area contributed by atoms with Crippen molar-refractivity contribution in [2.45, 2.75) is 13.5 Å². The molecule has 6 heteroatoms. The molecule has 0 spiro atoms.